The van der Waals surface area contributed by atoms with Gasteiger partial charge in [0.05, 0.1) is 5.10 Å². The summed E-state index contributed by atoms with van der Waals surface area (Å²) in [6, 6.07) is 4.65. The SMILES string of the molecule is Cn1c(=O)n[n+]([O-])c2ccc(Cl)cc21. The zero-order chi connectivity index (χ0) is 10.3. The molecule has 1 aromatic heterocycles. The van der Waals surface area contributed by atoms with E-state index in [1.54, 1.807) is 12.1 Å². The number of benzene rings is 1. The van der Waals surface area contributed by atoms with Crippen molar-refractivity contribution in [2.45, 2.75) is 0 Å². The van der Waals surface area contributed by atoms with Crippen molar-refractivity contribution < 1.29 is 4.85 Å². The van der Waals surface area contributed by atoms with Gasteiger partial charge in [-0.1, -0.05) is 11.6 Å². The highest BCUT2D eigenvalue weighted by molar-refractivity contribution is 6.31. The fourth-order valence-electron chi connectivity index (χ4n) is 1.23. The Morgan fingerprint density at radius 2 is 2.29 bits per heavy atom. The van der Waals surface area contributed by atoms with Crippen LogP contribution in [0.1, 0.15) is 0 Å². The van der Waals surface area contributed by atoms with E-state index in [9.17, 15) is 10.0 Å². The van der Waals surface area contributed by atoms with Gasteiger partial charge in [0.2, 0.25) is 0 Å². The van der Waals surface area contributed by atoms with Crippen LogP contribution in [-0.2, 0) is 7.05 Å². The summed E-state index contributed by atoms with van der Waals surface area (Å²) >= 11 is 5.75. The van der Waals surface area contributed by atoms with Gasteiger partial charge < -0.3 is 5.21 Å². The summed E-state index contributed by atoms with van der Waals surface area (Å²) in [5.74, 6) is 0. The molecule has 0 aliphatic carbocycles. The number of hydrogen-bond acceptors (Lipinski definition) is 3. The molecule has 14 heavy (non-hydrogen) atoms. The summed E-state index contributed by atoms with van der Waals surface area (Å²) < 4.78 is 1.27. The quantitative estimate of drug-likeness (QED) is 0.463. The molecule has 72 valence electrons. The van der Waals surface area contributed by atoms with Crippen LogP contribution in [0.15, 0.2) is 23.0 Å². The largest absolute Gasteiger partial charge is 0.594 e. The molecule has 0 atom stereocenters. The van der Waals surface area contributed by atoms with E-state index in [2.05, 4.69) is 5.10 Å². The van der Waals surface area contributed by atoms with Crippen LogP contribution in [0.25, 0.3) is 11.0 Å². The lowest BCUT2D eigenvalue weighted by Crippen LogP contribution is -2.42. The lowest BCUT2D eigenvalue weighted by Gasteiger charge is -2.02. The summed E-state index contributed by atoms with van der Waals surface area (Å²) in [5.41, 5.74) is 0.179. The highest BCUT2D eigenvalue weighted by Crippen LogP contribution is 2.13. The van der Waals surface area contributed by atoms with E-state index >= 15 is 0 Å². The molecule has 1 heterocycles. The third kappa shape index (κ3) is 1.22. The molecular formula is C8H6ClN3O2. The predicted molar refractivity (Wildman–Crippen MR) is 51.0 cm³/mol. The topological polar surface area (TPSA) is 61.8 Å². The molecular weight excluding hydrogens is 206 g/mol. The van der Waals surface area contributed by atoms with Crippen LogP contribution in [0.5, 0.6) is 0 Å². The Morgan fingerprint density at radius 1 is 1.57 bits per heavy atom. The predicted octanol–water partition coefficient (Wildman–Crippen LogP) is 0.220. The molecule has 0 unspecified atom stereocenters. The van der Waals surface area contributed by atoms with Crippen molar-refractivity contribution in [1.29, 1.82) is 0 Å². The highest BCUT2D eigenvalue weighted by Gasteiger charge is 2.10. The number of halogens is 1. The van der Waals surface area contributed by atoms with Gasteiger partial charge in [-0.25, -0.2) is 4.79 Å². The third-order valence-electron chi connectivity index (χ3n) is 1.97. The van der Waals surface area contributed by atoms with E-state index in [1.165, 1.54) is 17.7 Å². The summed E-state index contributed by atoms with van der Waals surface area (Å²) in [4.78, 5) is 11.5. The van der Waals surface area contributed by atoms with Gasteiger partial charge in [-0.05, 0) is 17.0 Å². The molecule has 0 fully saturated rings. The Morgan fingerprint density at radius 3 is 3.00 bits per heavy atom. The van der Waals surface area contributed by atoms with Crippen LogP contribution in [-0.4, -0.2) is 9.67 Å². The minimum absolute atomic E-state index is 0.300. The number of fused-ring (bicyclic) bond motifs is 1. The van der Waals surface area contributed by atoms with Crippen molar-refractivity contribution in [2.24, 2.45) is 7.05 Å². The van der Waals surface area contributed by atoms with Gasteiger partial charge in [-0.3, -0.25) is 4.57 Å². The molecule has 0 aliphatic rings. The van der Waals surface area contributed by atoms with Crippen molar-refractivity contribution in [1.82, 2.24) is 9.67 Å². The van der Waals surface area contributed by atoms with Crippen LogP contribution in [0.4, 0.5) is 0 Å². The minimum atomic E-state index is -0.602. The van der Waals surface area contributed by atoms with E-state index in [0.717, 1.165) is 0 Å². The van der Waals surface area contributed by atoms with E-state index in [4.69, 9.17) is 11.6 Å². The van der Waals surface area contributed by atoms with Crippen LogP contribution < -0.4 is 10.5 Å². The summed E-state index contributed by atoms with van der Waals surface area (Å²) in [6.45, 7) is 0. The van der Waals surface area contributed by atoms with Crippen LogP contribution in [0, 0.1) is 5.21 Å². The molecule has 2 aromatic rings. The third-order valence-corrected chi connectivity index (χ3v) is 2.20. The molecule has 0 aliphatic heterocycles. The summed E-state index contributed by atoms with van der Waals surface area (Å²) in [5, 5.41) is 14.9. The van der Waals surface area contributed by atoms with Gasteiger partial charge in [0.15, 0.2) is 0 Å². The van der Waals surface area contributed by atoms with Gasteiger partial charge in [0, 0.05) is 18.1 Å². The molecule has 1 aromatic carbocycles. The lowest BCUT2D eigenvalue weighted by atomic mass is 10.3. The second-order valence-corrected chi connectivity index (χ2v) is 3.28. The summed E-state index contributed by atoms with van der Waals surface area (Å²) in [7, 11) is 1.54. The first-order chi connectivity index (χ1) is 6.59. The molecule has 2 rings (SSSR count). The molecule has 0 saturated heterocycles. The fourth-order valence-corrected chi connectivity index (χ4v) is 1.40. The smallest absolute Gasteiger partial charge is 0.409 e. The Balaban J connectivity index is 3.03. The normalized spacial score (nSPS) is 10.7. The molecule has 0 saturated carbocycles. The van der Waals surface area contributed by atoms with Crippen LogP contribution >= 0.6 is 11.6 Å². The second kappa shape index (κ2) is 2.95. The molecule has 6 heteroatoms. The van der Waals surface area contributed by atoms with E-state index < -0.39 is 5.69 Å². The Bertz CT molecular complexity index is 564. The lowest BCUT2D eigenvalue weighted by molar-refractivity contribution is -0.645. The van der Waals surface area contributed by atoms with Crippen molar-refractivity contribution in [3.05, 3.63) is 38.9 Å². The second-order valence-electron chi connectivity index (χ2n) is 2.85. The average Bonchev–Trinajstić information content (AvgIpc) is 2.14. The van der Waals surface area contributed by atoms with Gasteiger partial charge in [-0.15, -0.1) is 0 Å². The minimum Gasteiger partial charge on any atom is -0.594 e. The zero-order valence-electron chi connectivity index (χ0n) is 7.27. The number of aryl methyl sites for hydroxylation is 1. The average molecular weight is 212 g/mol. The van der Waals surface area contributed by atoms with Gasteiger partial charge >= 0.3 is 5.69 Å². The molecule has 5 nitrogen and oxygen atoms in total. The van der Waals surface area contributed by atoms with Crippen molar-refractivity contribution in [3.8, 4) is 0 Å². The molecule has 0 spiro atoms. The number of hydrogen-bond donors (Lipinski definition) is 0. The zero-order valence-corrected chi connectivity index (χ0v) is 8.02. The summed E-state index contributed by atoms with van der Waals surface area (Å²) in [6.07, 6.45) is 0. The Hall–Kier alpha value is -1.62. The van der Waals surface area contributed by atoms with Crippen molar-refractivity contribution in [3.63, 3.8) is 0 Å². The van der Waals surface area contributed by atoms with E-state index in [0.29, 0.717) is 20.9 Å². The standard InChI is InChI=1S/C8H6ClN3O2/c1-11-7-4-5(9)2-3-6(7)12(14)10-8(11)13/h2-4H,1H3. The van der Waals surface area contributed by atoms with Gasteiger partial charge in [0.1, 0.15) is 5.52 Å². The van der Waals surface area contributed by atoms with Crippen molar-refractivity contribution in [2.75, 3.05) is 0 Å². The van der Waals surface area contributed by atoms with Gasteiger partial charge in [-0.2, -0.15) is 0 Å². The highest BCUT2D eigenvalue weighted by atomic mass is 35.5. The maximum absolute atomic E-state index is 11.2. The first-order valence-electron chi connectivity index (χ1n) is 3.86. The maximum atomic E-state index is 11.2. The molecule has 0 radical (unpaired) electrons. The first-order valence-corrected chi connectivity index (χ1v) is 4.23. The molecule has 0 amide bonds. The monoisotopic (exact) mass is 211 g/mol. The number of aromatic nitrogens is 3. The van der Waals surface area contributed by atoms with Crippen LogP contribution in [0.2, 0.25) is 5.02 Å². The van der Waals surface area contributed by atoms with E-state index in [-0.39, 0.29) is 0 Å². The Kier molecular flexibility index (Phi) is 1.89. The van der Waals surface area contributed by atoms with Crippen molar-refractivity contribution >= 4 is 22.6 Å². The maximum Gasteiger partial charge on any atom is 0.409 e. The first kappa shape index (κ1) is 8.96. The van der Waals surface area contributed by atoms with E-state index in [1.807, 2.05) is 0 Å². The number of rotatable bonds is 0. The Labute approximate surface area is 83.7 Å². The molecule has 0 N–H and O–H groups in total. The number of nitrogens with zero attached hydrogens (tertiary/aromatic N) is 3. The molecule has 0 bridgehead atoms. The van der Waals surface area contributed by atoms with Crippen LogP contribution in [0.3, 0.4) is 0 Å². The fraction of sp³-hybridized carbons (Fsp3) is 0.125. The van der Waals surface area contributed by atoms with Gasteiger partial charge in [0.25, 0.3) is 5.52 Å².